The summed E-state index contributed by atoms with van der Waals surface area (Å²) >= 11 is 0. The summed E-state index contributed by atoms with van der Waals surface area (Å²) in [6, 6.07) is 21.2. The second-order valence-electron chi connectivity index (χ2n) is 8.66. The van der Waals surface area contributed by atoms with Crippen LogP contribution < -0.4 is 10.6 Å². The van der Waals surface area contributed by atoms with Crippen LogP contribution in [0.1, 0.15) is 26.3 Å². The first-order chi connectivity index (χ1) is 15.3. The number of carbonyl (C=O) groups excluding carboxylic acids is 2. The van der Waals surface area contributed by atoms with E-state index in [9.17, 15) is 9.59 Å². The molecule has 1 unspecified atom stereocenters. The quantitative estimate of drug-likeness (QED) is 0.547. The van der Waals surface area contributed by atoms with Gasteiger partial charge in [0.15, 0.2) is 0 Å². The molecule has 0 bridgehead atoms. The van der Waals surface area contributed by atoms with Gasteiger partial charge in [0.25, 0.3) is 0 Å². The van der Waals surface area contributed by atoms with E-state index in [1.807, 2.05) is 87.5 Å². The van der Waals surface area contributed by atoms with Gasteiger partial charge in [-0.25, -0.2) is 4.79 Å². The number of hydrogen-bond donors (Lipinski definition) is 2. The SMILES string of the molecule is CC(C)(C)NC(=O)OCC(Cc1ccccc1)C(=O)Nc1ccc(-c2ccncc2)cc1. The van der Waals surface area contributed by atoms with E-state index in [4.69, 9.17) is 4.74 Å². The highest BCUT2D eigenvalue weighted by atomic mass is 16.5. The molecule has 32 heavy (non-hydrogen) atoms. The number of carbonyl (C=O) groups is 2. The second-order valence-corrected chi connectivity index (χ2v) is 8.66. The lowest BCUT2D eigenvalue weighted by Gasteiger charge is -2.22. The zero-order chi connectivity index (χ0) is 23.0. The largest absolute Gasteiger partial charge is 0.449 e. The van der Waals surface area contributed by atoms with Crippen molar-refractivity contribution < 1.29 is 14.3 Å². The first kappa shape index (κ1) is 23.0. The first-order valence-electron chi connectivity index (χ1n) is 10.6. The molecule has 0 aliphatic rings. The van der Waals surface area contributed by atoms with Crippen LogP contribution in [0.2, 0.25) is 0 Å². The molecular weight excluding hydrogens is 402 g/mol. The number of aromatic nitrogens is 1. The monoisotopic (exact) mass is 431 g/mol. The van der Waals surface area contributed by atoms with Gasteiger partial charge in [-0.3, -0.25) is 9.78 Å². The van der Waals surface area contributed by atoms with Crippen LogP contribution in [0.3, 0.4) is 0 Å². The number of amides is 2. The van der Waals surface area contributed by atoms with Gasteiger partial charge in [-0.1, -0.05) is 42.5 Å². The van der Waals surface area contributed by atoms with E-state index >= 15 is 0 Å². The number of rotatable bonds is 7. The Balaban J connectivity index is 1.67. The molecule has 0 saturated carbocycles. The average Bonchev–Trinajstić information content (AvgIpc) is 2.77. The average molecular weight is 432 g/mol. The van der Waals surface area contributed by atoms with E-state index in [1.54, 1.807) is 12.4 Å². The number of pyridine rings is 1. The Morgan fingerprint density at radius 3 is 2.16 bits per heavy atom. The normalized spacial score (nSPS) is 12.0. The number of nitrogens with zero attached hydrogens (tertiary/aromatic N) is 1. The molecule has 6 heteroatoms. The Hall–Kier alpha value is -3.67. The summed E-state index contributed by atoms with van der Waals surface area (Å²) < 4.78 is 5.37. The van der Waals surface area contributed by atoms with E-state index in [-0.39, 0.29) is 12.5 Å². The summed E-state index contributed by atoms with van der Waals surface area (Å²) in [6.45, 7) is 5.60. The van der Waals surface area contributed by atoms with Crippen molar-refractivity contribution in [1.29, 1.82) is 0 Å². The van der Waals surface area contributed by atoms with Gasteiger partial charge >= 0.3 is 6.09 Å². The van der Waals surface area contributed by atoms with Crippen molar-refractivity contribution in [3.8, 4) is 11.1 Å². The van der Waals surface area contributed by atoms with Gasteiger partial charge in [-0.05, 0) is 68.1 Å². The topological polar surface area (TPSA) is 80.3 Å². The smallest absolute Gasteiger partial charge is 0.407 e. The van der Waals surface area contributed by atoms with Gasteiger partial charge in [0.2, 0.25) is 5.91 Å². The van der Waals surface area contributed by atoms with Crippen molar-refractivity contribution in [2.45, 2.75) is 32.7 Å². The number of ether oxygens (including phenoxy) is 1. The van der Waals surface area contributed by atoms with Crippen LogP contribution in [0.25, 0.3) is 11.1 Å². The molecule has 0 aliphatic heterocycles. The van der Waals surface area contributed by atoms with Crippen LogP contribution >= 0.6 is 0 Å². The molecule has 166 valence electrons. The third kappa shape index (κ3) is 7.23. The van der Waals surface area contributed by atoms with Crippen LogP contribution in [0.5, 0.6) is 0 Å². The number of nitrogens with one attached hydrogen (secondary N) is 2. The molecular formula is C26H29N3O3. The zero-order valence-corrected chi connectivity index (χ0v) is 18.7. The summed E-state index contributed by atoms with van der Waals surface area (Å²) in [5, 5.41) is 5.70. The Morgan fingerprint density at radius 2 is 1.53 bits per heavy atom. The number of hydrogen-bond acceptors (Lipinski definition) is 4. The lowest BCUT2D eigenvalue weighted by atomic mass is 9.99. The van der Waals surface area contributed by atoms with Crippen molar-refractivity contribution in [3.05, 3.63) is 84.7 Å². The second kappa shape index (κ2) is 10.6. The predicted molar refractivity (Wildman–Crippen MR) is 126 cm³/mol. The van der Waals surface area contributed by atoms with E-state index in [0.717, 1.165) is 16.7 Å². The van der Waals surface area contributed by atoms with Gasteiger partial charge in [0, 0.05) is 23.6 Å². The van der Waals surface area contributed by atoms with Crippen LogP contribution in [0.4, 0.5) is 10.5 Å². The molecule has 0 saturated heterocycles. The number of anilines is 1. The maximum atomic E-state index is 13.0. The Morgan fingerprint density at radius 1 is 0.906 bits per heavy atom. The highest BCUT2D eigenvalue weighted by Gasteiger charge is 2.23. The molecule has 3 rings (SSSR count). The third-order valence-corrected chi connectivity index (χ3v) is 4.75. The Bertz CT molecular complexity index is 1010. The van der Waals surface area contributed by atoms with Gasteiger partial charge in [-0.2, -0.15) is 0 Å². The summed E-state index contributed by atoms with van der Waals surface area (Å²) in [5.41, 5.74) is 3.36. The molecule has 0 radical (unpaired) electrons. The van der Waals surface area contributed by atoms with E-state index in [2.05, 4.69) is 15.6 Å². The highest BCUT2D eigenvalue weighted by molar-refractivity contribution is 5.93. The molecule has 1 heterocycles. The Kier molecular flexibility index (Phi) is 7.60. The van der Waals surface area contributed by atoms with Gasteiger partial charge in [0.05, 0.1) is 5.92 Å². The summed E-state index contributed by atoms with van der Waals surface area (Å²) in [4.78, 5) is 29.2. The van der Waals surface area contributed by atoms with Crippen molar-refractivity contribution in [3.63, 3.8) is 0 Å². The fraction of sp³-hybridized carbons (Fsp3) is 0.269. The molecule has 2 N–H and O–H groups in total. The molecule has 0 fully saturated rings. The molecule has 1 aromatic heterocycles. The van der Waals surface area contributed by atoms with Crippen molar-refractivity contribution in [1.82, 2.24) is 10.3 Å². The summed E-state index contributed by atoms with van der Waals surface area (Å²) in [6.07, 6.45) is 3.42. The summed E-state index contributed by atoms with van der Waals surface area (Å²) in [5.74, 6) is -0.725. The maximum absolute atomic E-state index is 13.0. The first-order valence-corrected chi connectivity index (χ1v) is 10.6. The van der Waals surface area contributed by atoms with Crippen LogP contribution in [0, 0.1) is 5.92 Å². The minimum atomic E-state index is -0.537. The van der Waals surface area contributed by atoms with Crippen LogP contribution in [0.15, 0.2) is 79.1 Å². The lowest BCUT2D eigenvalue weighted by Crippen LogP contribution is -2.42. The van der Waals surface area contributed by atoms with E-state index in [1.165, 1.54) is 0 Å². The maximum Gasteiger partial charge on any atom is 0.407 e. The van der Waals surface area contributed by atoms with Gasteiger partial charge in [0.1, 0.15) is 6.61 Å². The van der Waals surface area contributed by atoms with Crippen LogP contribution in [-0.4, -0.2) is 29.1 Å². The van der Waals surface area contributed by atoms with Gasteiger partial charge < -0.3 is 15.4 Å². The minimum absolute atomic E-state index is 0.0161. The van der Waals surface area contributed by atoms with Crippen LogP contribution in [-0.2, 0) is 16.0 Å². The highest BCUT2D eigenvalue weighted by Crippen LogP contribution is 2.21. The summed E-state index contributed by atoms with van der Waals surface area (Å²) in [7, 11) is 0. The molecule has 6 nitrogen and oxygen atoms in total. The zero-order valence-electron chi connectivity index (χ0n) is 18.7. The van der Waals surface area contributed by atoms with Crippen molar-refractivity contribution in [2.24, 2.45) is 5.92 Å². The van der Waals surface area contributed by atoms with E-state index < -0.39 is 17.6 Å². The molecule has 2 amide bonds. The third-order valence-electron chi connectivity index (χ3n) is 4.75. The molecule has 0 spiro atoms. The number of alkyl carbamates (subject to hydrolysis) is 1. The fourth-order valence-corrected chi connectivity index (χ4v) is 3.18. The van der Waals surface area contributed by atoms with E-state index in [0.29, 0.717) is 12.1 Å². The minimum Gasteiger partial charge on any atom is -0.449 e. The molecule has 1 atom stereocenters. The molecule has 0 aliphatic carbocycles. The predicted octanol–water partition coefficient (Wildman–Crippen LogP) is 5.07. The molecule has 2 aromatic carbocycles. The van der Waals surface area contributed by atoms with Crippen molar-refractivity contribution >= 4 is 17.7 Å². The number of benzene rings is 2. The van der Waals surface area contributed by atoms with Crippen molar-refractivity contribution in [2.75, 3.05) is 11.9 Å². The standard InChI is InChI=1S/C26H29N3O3/c1-26(2,3)29-25(31)32-18-22(17-19-7-5-4-6-8-19)24(30)28-23-11-9-20(10-12-23)21-13-15-27-16-14-21/h4-16,22H,17-18H2,1-3H3,(H,28,30)(H,29,31). The molecule has 3 aromatic rings. The fourth-order valence-electron chi connectivity index (χ4n) is 3.18. The Labute approximate surface area is 189 Å². The lowest BCUT2D eigenvalue weighted by molar-refractivity contribution is -0.121. The van der Waals surface area contributed by atoms with Gasteiger partial charge in [-0.15, -0.1) is 0 Å².